The van der Waals surface area contributed by atoms with Crippen LogP contribution in [0.1, 0.15) is 27.3 Å². The van der Waals surface area contributed by atoms with E-state index in [-0.39, 0.29) is 16.3 Å². The molecule has 0 bridgehead atoms. The molecule has 0 spiro atoms. The third-order valence-electron chi connectivity index (χ3n) is 4.42. The SMILES string of the molecule is Cc1cc(/C=N\NC(=O)c2ccc(Cl)c([N+](=O)[O-])c2)c(C)n1-c1cccc(Cl)c1Cl. The zero-order chi connectivity index (χ0) is 22.0. The number of hydrogen-bond acceptors (Lipinski definition) is 4. The highest BCUT2D eigenvalue weighted by Crippen LogP contribution is 2.31. The van der Waals surface area contributed by atoms with E-state index >= 15 is 0 Å². The first-order valence-corrected chi connectivity index (χ1v) is 9.74. The molecule has 0 fully saturated rings. The van der Waals surface area contributed by atoms with Gasteiger partial charge in [0, 0.05) is 28.6 Å². The van der Waals surface area contributed by atoms with Gasteiger partial charge in [0.15, 0.2) is 0 Å². The lowest BCUT2D eigenvalue weighted by atomic mass is 10.2. The molecule has 0 saturated carbocycles. The van der Waals surface area contributed by atoms with Crippen molar-refractivity contribution in [3.05, 3.63) is 90.2 Å². The number of hydrogen-bond donors (Lipinski definition) is 1. The first-order valence-electron chi connectivity index (χ1n) is 8.61. The molecule has 2 aromatic carbocycles. The van der Waals surface area contributed by atoms with Gasteiger partial charge < -0.3 is 4.57 Å². The normalized spacial score (nSPS) is 11.1. The zero-order valence-electron chi connectivity index (χ0n) is 15.8. The summed E-state index contributed by atoms with van der Waals surface area (Å²) in [6.07, 6.45) is 1.49. The average molecular weight is 466 g/mol. The second-order valence-electron chi connectivity index (χ2n) is 6.36. The van der Waals surface area contributed by atoms with Gasteiger partial charge in [0.25, 0.3) is 11.6 Å². The summed E-state index contributed by atoms with van der Waals surface area (Å²) in [6, 6.07) is 11.0. The summed E-state index contributed by atoms with van der Waals surface area (Å²) in [4.78, 5) is 22.6. The van der Waals surface area contributed by atoms with Gasteiger partial charge in [-0.05, 0) is 44.2 Å². The van der Waals surface area contributed by atoms with Gasteiger partial charge in [-0.15, -0.1) is 0 Å². The maximum Gasteiger partial charge on any atom is 0.288 e. The molecular formula is C20H15Cl3N4O3. The number of rotatable bonds is 5. The van der Waals surface area contributed by atoms with Crippen LogP contribution in [0.4, 0.5) is 5.69 Å². The van der Waals surface area contributed by atoms with Crippen molar-refractivity contribution < 1.29 is 9.72 Å². The number of aromatic nitrogens is 1. The van der Waals surface area contributed by atoms with Crippen LogP contribution in [0.3, 0.4) is 0 Å². The van der Waals surface area contributed by atoms with Crippen LogP contribution in [-0.4, -0.2) is 21.6 Å². The summed E-state index contributed by atoms with van der Waals surface area (Å²) in [5, 5.41) is 15.8. The molecule has 0 atom stereocenters. The smallest absolute Gasteiger partial charge is 0.288 e. The first-order chi connectivity index (χ1) is 14.2. The minimum absolute atomic E-state index is 0.0489. The fourth-order valence-electron chi connectivity index (χ4n) is 2.97. The molecule has 3 rings (SSSR count). The van der Waals surface area contributed by atoms with E-state index in [1.165, 1.54) is 18.3 Å². The van der Waals surface area contributed by atoms with E-state index in [4.69, 9.17) is 34.8 Å². The summed E-state index contributed by atoms with van der Waals surface area (Å²) in [5.41, 5.74) is 5.31. The van der Waals surface area contributed by atoms with Gasteiger partial charge in [0.1, 0.15) is 5.02 Å². The van der Waals surface area contributed by atoms with Gasteiger partial charge in [-0.25, -0.2) is 5.43 Å². The molecule has 0 radical (unpaired) electrons. The molecule has 0 aliphatic carbocycles. The molecule has 0 aliphatic rings. The Morgan fingerprint density at radius 1 is 1.13 bits per heavy atom. The predicted octanol–water partition coefficient (Wildman–Crippen LogP) is 5.73. The van der Waals surface area contributed by atoms with Crippen molar-refractivity contribution in [1.82, 2.24) is 9.99 Å². The summed E-state index contributed by atoms with van der Waals surface area (Å²) in [7, 11) is 0. The van der Waals surface area contributed by atoms with E-state index in [2.05, 4.69) is 10.5 Å². The van der Waals surface area contributed by atoms with E-state index in [0.717, 1.165) is 28.7 Å². The number of amides is 1. The van der Waals surface area contributed by atoms with Crippen molar-refractivity contribution in [1.29, 1.82) is 0 Å². The number of carbonyl (C=O) groups excluding carboxylic acids is 1. The third kappa shape index (κ3) is 4.33. The van der Waals surface area contributed by atoms with Gasteiger partial charge in [-0.1, -0.05) is 40.9 Å². The van der Waals surface area contributed by atoms with E-state index < -0.39 is 10.8 Å². The maximum atomic E-state index is 12.3. The van der Waals surface area contributed by atoms with Crippen LogP contribution in [0.15, 0.2) is 47.6 Å². The standard InChI is InChI=1S/C20H15Cl3N4O3/c1-11-8-14(12(2)26(11)17-5-3-4-16(22)19(17)23)10-24-25-20(28)13-6-7-15(21)18(9-13)27(29)30/h3-10H,1-2H3,(H,25,28)/b24-10-. The Balaban J connectivity index is 1.83. The predicted molar refractivity (Wildman–Crippen MR) is 118 cm³/mol. The Hall–Kier alpha value is -2.87. The molecular weight excluding hydrogens is 451 g/mol. The van der Waals surface area contributed by atoms with Crippen molar-refractivity contribution in [2.24, 2.45) is 5.10 Å². The summed E-state index contributed by atoms with van der Waals surface area (Å²) < 4.78 is 1.93. The lowest BCUT2D eigenvalue weighted by Gasteiger charge is -2.12. The van der Waals surface area contributed by atoms with Crippen molar-refractivity contribution in [2.75, 3.05) is 0 Å². The van der Waals surface area contributed by atoms with Gasteiger partial charge >= 0.3 is 0 Å². The highest BCUT2D eigenvalue weighted by molar-refractivity contribution is 6.43. The van der Waals surface area contributed by atoms with Crippen molar-refractivity contribution in [3.8, 4) is 5.69 Å². The molecule has 30 heavy (non-hydrogen) atoms. The summed E-state index contributed by atoms with van der Waals surface area (Å²) in [6.45, 7) is 3.79. The number of nitro groups is 1. The number of aryl methyl sites for hydroxylation is 1. The second-order valence-corrected chi connectivity index (χ2v) is 7.55. The number of hydrazone groups is 1. The Morgan fingerprint density at radius 2 is 1.87 bits per heavy atom. The van der Waals surface area contributed by atoms with Crippen molar-refractivity contribution in [3.63, 3.8) is 0 Å². The molecule has 1 aromatic heterocycles. The minimum atomic E-state index is -0.655. The first kappa shape index (κ1) is 21.8. The number of benzene rings is 2. The van der Waals surface area contributed by atoms with Crippen LogP contribution in [0, 0.1) is 24.0 Å². The Morgan fingerprint density at radius 3 is 2.57 bits per heavy atom. The van der Waals surface area contributed by atoms with Crippen LogP contribution in [0.25, 0.3) is 5.69 Å². The molecule has 0 aliphatic heterocycles. The Bertz CT molecular complexity index is 1190. The van der Waals surface area contributed by atoms with Gasteiger partial charge in [0.05, 0.1) is 26.9 Å². The zero-order valence-corrected chi connectivity index (χ0v) is 18.1. The summed E-state index contributed by atoms with van der Waals surface area (Å²) in [5.74, 6) is -0.599. The topological polar surface area (TPSA) is 89.5 Å². The van der Waals surface area contributed by atoms with Gasteiger partial charge in [-0.2, -0.15) is 5.10 Å². The monoisotopic (exact) mass is 464 g/mol. The number of nitro benzene ring substituents is 1. The third-order valence-corrected chi connectivity index (χ3v) is 5.55. The molecule has 1 N–H and O–H groups in total. The van der Waals surface area contributed by atoms with E-state index in [1.54, 1.807) is 6.07 Å². The number of nitrogens with one attached hydrogen (secondary N) is 1. The van der Waals surface area contributed by atoms with E-state index in [0.29, 0.717) is 10.0 Å². The molecule has 1 amide bonds. The van der Waals surface area contributed by atoms with E-state index in [9.17, 15) is 14.9 Å². The number of halogens is 3. The highest BCUT2D eigenvalue weighted by Gasteiger charge is 2.16. The van der Waals surface area contributed by atoms with Crippen LogP contribution < -0.4 is 5.43 Å². The molecule has 3 aromatic rings. The van der Waals surface area contributed by atoms with Crippen molar-refractivity contribution >= 4 is 52.6 Å². The molecule has 7 nitrogen and oxygen atoms in total. The van der Waals surface area contributed by atoms with Crippen LogP contribution in [-0.2, 0) is 0 Å². The van der Waals surface area contributed by atoms with Crippen LogP contribution >= 0.6 is 34.8 Å². The average Bonchev–Trinajstić information content (AvgIpc) is 2.97. The second kappa shape index (κ2) is 8.87. The van der Waals surface area contributed by atoms with E-state index in [1.807, 2.05) is 36.6 Å². The number of nitrogens with zero attached hydrogens (tertiary/aromatic N) is 3. The van der Waals surface area contributed by atoms with Gasteiger partial charge in [0.2, 0.25) is 0 Å². The maximum absolute atomic E-state index is 12.3. The largest absolute Gasteiger partial charge is 0.316 e. The fraction of sp³-hybridized carbons (Fsp3) is 0.100. The fourth-order valence-corrected chi connectivity index (χ4v) is 3.54. The van der Waals surface area contributed by atoms with Crippen LogP contribution in [0.2, 0.25) is 15.1 Å². The Kier molecular flexibility index (Phi) is 6.45. The Labute approximate surface area is 187 Å². The van der Waals surface area contributed by atoms with Crippen LogP contribution in [0.5, 0.6) is 0 Å². The van der Waals surface area contributed by atoms with Gasteiger partial charge in [-0.3, -0.25) is 14.9 Å². The molecule has 0 saturated heterocycles. The molecule has 1 heterocycles. The lowest BCUT2D eigenvalue weighted by Crippen LogP contribution is -2.17. The number of carbonyl (C=O) groups is 1. The molecule has 10 heteroatoms. The minimum Gasteiger partial charge on any atom is -0.316 e. The highest BCUT2D eigenvalue weighted by atomic mass is 35.5. The van der Waals surface area contributed by atoms with Crippen molar-refractivity contribution in [2.45, 2.75) is 13.8 Å². The quantitative estimate of drug-likeness (QED) is 0.296. The lowest BCUT2D eigenvalue weighted by molar-refractivity contribution is -0.384. The molecule has 154 valence electrons. The summed E-state index contributed by atoms with van der Waals surface area (Å²) >= 11 is 18.2. The molecule has 0 unspecified atom stereocenters.